The fourth-order valence-corrected chi connectivity index (χ4v) is 2.21. The zero-order valence-corrected chi connectivity index (χ0v) is 11.9. The van der Waals surface area contributed by atoms with Gasteiger partial charge in [-0.05, 0) is 55.3 Å². The maximum atomic E-state index is 13.7. The number of anilines is 2. The van der Waals surface area contributed by atoms with Crippen molar-refractivity contribution in [2.45, 2.75) is 13.8 Å². The predicted octanol–water partition coefficient (Wildman–Crippen LogP) is 3.93. The van der Waals surface area contributed by atoms with Gasteiger partial charge in [0, 0.05) is 16.4 Å². The second-order valence-electron chi connectivity index (χ2n) is 4.61. The molecular formula is C15H14ClFN2O. The van der Waals surface area contributed by atoms with Crippen molar-refractivity contribution in [1.82, 2.24) is 0 Å². The number of nitrogens with one attached hydrogen (secondary N) is 1. The number of hydrogen-bond donors (Lipinski definition) is 2. The summed E-state index contributed by atoms with van der Waals surface area (Å²) in [5.74, 6) is -1.17. The van der Waals surface area contributed by atoms with Crippen molar-refractivity contribution in [3.63, 3.8) is 0 Å². The molecule has 1 amide bonds. The standard InChI is InChI=1S/C15H14ClFN2O/c1-8-5-11(18)6-9(2)14(8)19-15(20)12-4-3-10(16)7-13(12)17/h3-7H,18H2,1-2H3,(H,19,20). The van der Waals surface area contributed by atoms with Gasteiger partial charge in [0.15, 0.2) is 0 Å². The van der Waals surface area contributed by atoms with Crippen LogP contribution in [0.4, 0.5) is 15.8 Å². The molecule has 3 nitrogen and oxygen atoms in total. The van der Waals surface area contributed by atoms with Gasteiger partial charge in [-0.1, -0.05) is 11.6 Å². The third-order valence-corrected chi connectivity index (χ3v) is 3.20. The van der Waals surface area contributed by atoms with E-state index in [0.29, 0.717) is 11.4 Å². The van der Waals surface area contributed by atoms with Gasteiger partial charge < -0.3 is 11.1 Å². The van der Waals surface area contributed by atoms with E-state index in [1.165, 1.54) is 12.1 Å². The molecule has 0 heterocycles. The molecule has 0 spiro atoms. The summed E-state index contributed by atoms with van der Waals surface area (Å²) >= 11 is 5.66. The highest BCUT2D eigenvalue weighted by Gasteiger charge is 2.14. The number of nitrogen functional groups attached to an aromatic ring is 1. The Hall–Kier alpha value is -2.07. The molecule has 2 aromatic carbocycles. The number of hydrogen-bond acceptors (Lipinski definition) is 2. The molecule has 2 rings (SSSR count). The zero-order chi connectivity index (χ0) is 14.9. The summed E-state index contributed by atoms with van der Waals surface area (Å²) in [4.78, 5) is 12.1. The van der Waals surface area contributed by atoms with Gasteiger partial charge in [-0.15, -0.1) is 0 Å². The fourth-order valence-electron chi connectivity index (χ4n) is 2.05. The van der Waals surface area contributed by atoms with E-state index in [9.17, 15) is 9.18 Å². The third-order valence-electron chi connectivity index (χ3n) is 2.97. The number of nitrogens with two attached hydrogens (primary N) is 1. The van der Waals surface area contributed by atoms with Crippen molar-refractivity contribution >= 4 is 28.9 Å². The van der Waals surface area contributed by atoms with Crippen LogP contribution in [0.2, 0.25) is 5.02 Å². The Kier molecular flexibility index (Phi) is 3.95. The Balaban J connectivity index is 2.33. The molecule has 0 bridgehead atoms. The molecule has 2 aromatic rings. The smallest absolute Gasteiger partial charge is 0.258 e. The highest BCUT2D eigenvalue weighted by Crippen LogP contribution is 2.24. The molecule has 0 unspecified atom stereocenters. The lowest BCUT2D eigenvalue weighted by molar-refractivity contribution is 0.102. The largest absolute Gasteiger partial charge is 0.399 e. The highest BCUT2D eigenvalue weighted by molar-refractivity contribution is 6.30. The van der Waals surface area contributed by atoms with Crippen LogP contribution in [-0.2, 0) is 0 Å². The Bertz CT molecular complexity index is 663. The van der Waals surface area contributed by atoms with E-state index < -0.39 is 11.7 Å². The molecular weight excluding hydrogens is 279 g/mol. The summed E-state index contributed by atoms with van der Waals surface area (Å²) in [5, 5.41) is 2.95. The first kappa shape index (κ1) is 14.3. The van der Waals surface area contributed by atoms with Gasteiger partial charge in [0.05, 0.1) is 5.56 Å². The average Bonchev–Trinajstić information content (AvgIpc) is 2.33. The molecule has 104 valence electrons. The molecule has 0 aliphatic heterocycles. The maximum absolute atomic E-state index is 13.7. The topological polar surface area (TPSA) is 55.1 Å². The monoisotopic (exact) mass is 292 g/mol. The Labute approximate surface area is 121 Å². The molecule has 20 heavy (non-hydrogen) atoms. The summed E-state index contributed by atoms with van der Waals surface area (Å²) in [7, 11) is 0. The second kappa shape index (κ2) is 5.51. The summed E-state index contributed by atoms with van der Waals surface area (Å²) in [6, 6.07) is 7.44. The van der Waals surface area contributed by atoms with Crippen molar-refractivity contribution in [3.8, 4) is 0 Å². The molecule has 0 aliphatic rings. The van der Waals surface area contributed by atoms with Crippen LogP contribution in [0.15, 0.2) is 30.3 Å². The lowest BCUT2D eigenvalue weighted by Crippen LogP contribution is -2.15. The molecule has 0 fully saturated rings. The molecule has 5 heteroatoms. The number of aryl methyl sites for hydroxylation is 2. The quantitative estimate of drug-likeness (QED) is 0.824. The van der Waals surface area contributed by atoms with Gasteiger partial charge in [0.2, 0.25) is 0 Å². The minimum absolute atomic E-state index is 0.0509. The van der Waals surface area contributed by atoms with E-state index in [0.717, 1.165) is 17.2 Å². The van der Waals surface area contributed by atoms with Crippen LogP contribution < -0.4 is 11.1 Å². The molecule has 0 saturated heterocycles. The van der Waals surface area contributed by atoms with E-state index in [1.54, 1.807) is 12.1 Å². The van der Waals surface area contributed by atoms with E-state index in [1.807, 2.05) is 13.8 Å². The number of rotatable bonds is 2. The first-order valence-electron chi connectivity index (χ1n) is 6.01. The predicted molar refractivity (Wildman–Crippen MR) is 79.7 cm³/mol. The molecule has 0 aliphatic carbocycles. The van der Waals surface area contributed by atoms with Crippen LogP contribution in [-0.4, -0.2) is 5.91 Å². The van der Waals surface area contributed by atoms with E-state index >= 15 is 0 Å². The van der Waals surface area contributed by atoms with E-state index in [4.69, 9.17) is 17.3 Å². The minimum atomic E-state index is -0.652. The Morgan fingerprint density at radius 2 is 1.80 bits per heavy atom. The Morgan fingerprint density at radius 1 is 1.20 bits per heavy atom. The van der Waals surface area contributed by atoms with Crippen LogP contribution in [0.3, 0.4) is 0 Å². The Morgan fingerprint density at radius 3 is 2.35 bits per heavy atom. The van der Waals surface area contributed by atoms with Gasteiger partial charge >= 0.3 is 0 Å². The van der Waals surface area contributed by atoms with Crippen molar-refractivity contribution < 1.29 is 9.18 Å². The third kappa shape index (κ3) is 2.91. The van der Waals surface area contributed by atoms with Crippen LogP contribution in [0.1, 0.15) is 21.5 Å². The molecule has 0 saturated carbocycles. The summed E-state index contributed by atoms with van der Waals surface area (Å²) in [5.41, 5.74) is 8.58. The molecule has 0 radical (unpaired) electrons. The number of amides is 1. The normalized spacial score (nSPS) is 10.4. The zero-order valence-electron chi connectivity index (χ0n) is 11.1. The van der Waals surface area contributed by atoms with Gasteiger partial charge in [-0.25, -0.2) is 4.39 Å². The summed E-state index contributed by atoms with van der Waals surface area (Å²) in [6.07, 6.45) is 0. The number of benzene rings is 2. The summed E-state index contributed by atoms with van der Waals surface area (Å²) < 4.78 is 13.7. The fraction of sp³-hybridized carbons (Fsp3) is 0.133. The van der Waals surface area contributed by atoms with Crippen LogP contribution in [0, 0.1) is 19.7 Å². The maximum Gasteiger partial charge on any atom is 0.258 e. The number of carbonyl (C=O) groups is 1. The SMILES string of the molecule is Cc1cc(N)cc(C)c1NC(=O)c1ccc(Cl)cc1F. The van der Waals surface area contributed by atoms with Crippen LogP contribution in [0.5, 0.6) is 0 Å². The highest BCUT2D eigenvalue weighted by atomic mass is 35.5. The number of carbonyl (C=O) groups excluding carboxylic acids is 1. The number of halogens is 2. The van der Waals surface area contributed by atoms with Crippen molar-refractivity contribution in [2.24, 2.45) is 0 Å². The van der Waals surface area contributed by atoms with Gasteiger partial charge in [-0.2, -0.15) is 0 Å². The summed E-state index contributed by atoms with van der Waals surface area (Å²) in [6.45, 7) is 3.66. The van der Waals surface area contributed by atoms with Gasteiger partial charge in [0.25, 0.3) is 5.91 Å². The van der Waals surface area contributed by atoms with E-state index in [2.05, 4.69) is 5.32 Å². The second-order valence-corrected chi connectivity index (χ2v) is 5.04. The lowest BCUT2D eigenvalue weighted by Gasteiger charge is -2.13. The molecule has 0 aromatic heterocycles. The van der Waals surface area contributed by atoms with Crippen molar-refractivity contribution in [1.29, 1.82) is 0 Å². The van der Waals surface area contributed by atoms with Crippen molar-refractivity contribution in [2.75, 3.05) is 11.1 Å². The van der Waals surface area contributed by atoms with Crippen LogP contribution in [0.25, 0.3) is 0 Å². The lowest BCUT2D eigenvalue weighted by atomic mass is 10.1. The first-order chi connectivity index (χ1) is 9.38. The average molecular weight is 293 g/mol. The van der Waals surface area contributed by atoms with Gasteiger partial charge in [0.1, 0.15) is 5.82 Å². The van der Waals surface area contributed by atoms with E-state index in [-0.39, 0.29) is 10.6 Å². The first-order valence-corrected chi connectivity index (χ1v) is 6.39. The molecule has 3 N–H and O–H groups in total. The minimum Gasteiger partial charge on any atom is -0.399 e. The molecule has 0 atom stereocenters. The van der Waals surface area contributed by atoms with Gasteiger partial charge in [-0.3, -0.25) is 4.79 Å². The van der Waals surface area contributed by atoms with Crippen molar-refractivity contribution in [3.05, 3.63) is 57.9 Å². The van der Waals surface area contributed by atoms with Crippen LogP contribution >= 0.6 is 11.6 Å².